The van der Waals surface area contributed by atoms with Crippen LogP contribution < -0.4 is 0 Å². The SMILES string of the molecule is CCCCCCCCCCCCCCCCCC(=O)OC(O)(CCCCCCCCCCCCCCCCC)C(O)C(O)CO. The van der Waals surface area contributed by atoms with Crippen LogP contribution in [0.1, 0.15) is 219 Å². The van der Waals surface area contributed by atoms with Crippen LogP contribution in [0.25, 0.3) is 0 Å². The Labute approximate surface area is 279 Å². The fourth-order valence-electron chi connectivity index (χ4n) is 6.30. The first-order valence-electron chi connectivity index (χ1n) is 19.8. The van der Waals surface area contributed by atoms with Crippen molar-refractivity contribution < 1.29 is 30.0 Å². The van der Waals surface area contributed by atoms with Crippen molar-refractivity contribution >= 4 is 5.97 Å². The zero-order chi connectivity index (χ0) is 33.3. The summed E-state index contributed by atoms with van der Waals surface area (Å²) in [6.45, 7) is 3.81. The Balaban J connectivity index is 3.97. The lowest BCUT2D eigenvalue weighted by Crippen LogP contribution is -2.53. The number of hydrogen-bond acceptors (Lipinski definition) is 6. The molecule has 0 bridgehead atoms. The van der Waals surface area contributed by atoms with Crippen LogP contribution in [-0.2, 0) is 9.53 Å². The minimum absolute atomic E-state index is 0.0497. The Morgan fingerprint density at radius 3 is 1.11 bits per heavy atom. The highest BCUT2D eigenvalue weighted by Crippen LogP contribution is 2.26. The first-order chi connectivity index (χ1) is 21.9. The summed E-state index contributed by atoms with van der Waals surface area (Å²) in [5.74, 6) is -2.73. The molecule has 0 spiro atoms. The minimum atomic E-state index is -2.18. The molecule has 0 heterocycles. The van der Waals surface area contributed by atoms with Crippen LogP contribution in [0, 0.1) is 0 Å². The van der Waals surface area contributed by atoms with Crippen LogP contribution in [-0.4, -0.2) is 51.0 Å². The zero-order valence-corrected chi connectivity index (χ0v) is 30.1. The second-order valence-corrected chi connectivity index (χ2v) is 13.9. The third-order valence-corrected chi connectivity index (χ3v) is 9.43. The molecular formula is C39H78O6. The third-order valence-electron chi connectivity index (χ3n) is 9.43. The van der Waals surface area contributed by atoms with Gasteiger partial charge in [0.05, 0.1) is 6.61 Å². The van der Waals surface area contributed by atoms with E-state index < -0.39 is 30.6 Å². The molecule has 0 rings (SSSR count). The van der Waals surface area contributed by atoms with Crippen molar-refractivity contribution in [1.29, 1.82) is 0 Å². The molecule has 0 amide bonds. The van der Waals surface area contributed by atoms with Crippen molar-refractivity contribution in [2.75, 3.05) is 6.61 Å². The predicted molar refractivity (Wildman–Crippen MR) is 189 cm³/mol. The van der Waals surface area contributed by atoms with Crippen LogP contribution in [0.4, 0.5) is 0 Å². The van der Waals surface area contributed by atoms with Gasteiger partial charge in [0.2, 0.25) is 5.79 Å². The van der Waals surface area contributed by atoms with Crippen molar-refractivity contribution in [2.24, 2.45) is 0 Å². The predicted octanol–water partition coefficient (Wildman–Crippen LogP) is 10.5. The number of rotatable bonds is 36. The number of esters is 1. The molecule has 6 nitrogen and oxygen atoms in total. The number of hydrogen-bond donors (Lipinski definition) is 4. The van der Waals surface area contributed by atoms with Gasteiger partial charge in [0.25, 0.3) is 0 Å². The van der Waals surface area contributed by atoms with E-state index in [-0.39, 0.29) is 12.8 Å². The highest BCUT2D eigenvalue weighted by molar-refractivity contribution is 5.69. The second kappa shape index (κ2) is 33.2. The molecule has 0 saturated carbocycles. The molecule has 0 aliphatic carbocycles. The summed E-state index contributed by atoms with van der Waals surface area (Å²) in [5.41, 5.74) is 0. The second-order valence-electron chi connectivity index (χ2n) is 13.9. The summed E-state index contributed by atoms with van der Waals surface area (Å²) in [7, 11) is 0. The molecule has 6 heteroatoms. The van der Waals surface area contributed by atoms with Gasteiger partial charge in [-0.3, -0.25) is 4.79 Å². The highest BCUT2D eigenvalue weighted by atomic mass is 16.7. The molecule has 0 aromatic rings. The van der Waals surface area contributed by atoms with E-state index in [0.29, 0.717) is 12.8 Å². The van der Waals surface area contributed by atoms with E-state index >= 15 is 0 Å². The van der Waals surface area contributed by atoms with E-state index in [1.165, 1.54) is 148 Å². The summed E-state index contributed by atoms with van der Waals surface area (Å²) >= 11 is 0. The molecule has 0 aliphatic heterocycles. The normalized spacial score (nSPS) is 14.4. The summed E-state index contributed by atoms with van der Waals surface area (Å²) in [6.07, 6.45) is 33.9. The maximum Gasteiger partial charge on any atom is 0.308 e. The number of carbonyl (C=O) groups excluding carboxylic acids is 1. The lowest BCUT2D eigenvalue weighted by molar-refractivity contribution is -0.268. The van der Waals surface area contributed by atoms with E-state index in [9.17, 15) is 25.2 Å². The molecule has 45 heavy (non-hydrogen) atoms. The van der Waals surface area contributed by atoms with E-state index in [2.05, 4.69) is 13.8 Å². The maximum atomic E-state index is 12.5. The summed E-state index contributed by atoms with van der Waals surface area (Å²) in [6, 6.07) is 0. The van der Waals surface area contributed by atoms with Crippen LogP contribution in [0.15, 0.2) is 0 Å². The van der Waals surface area contributed by atoms with Crippen LogP contribution >= 0.6 is 0 Å². The van der Waals surface area contributed by atoms with Crippen molar-refractivity contribution in [2.45, 2.75) is 237 Å². The zero-order valence-electron chi connectivity index (χ0n) is 30.1. The number of unbranched alkanes of at least 4 members (excludes halogenated alkanes) is 28. The summed E-state index contributed by atoms with van der Waals surface area (Å²) < 4.78 is 5.36. The van der Waals surface area contributed by atoms with Crippen molar-refractivity contribution in [3.8, 4) is 0 Å². The standard InChI is InChI=1S/C39H78O6/c1-3-5-7-9-11-13-15-17-19-21-23-25-27-29-31-33-37(42)45-39(44,38(43)36(41)35-40)34-32-30-28-26-24-22-20-18-16-14-12-10-8-6-4-2/h36,38,40-41,43-44H,3-35H2,1-2H3. The monoisotopic (exact) mass is 643 g/mol. The molecule has 3 atom stereocenters. The number of ether oxygens (including phenoxy) is 1. The molecule has 0 aromatic heterocycles. The number of aliphatic hydroxyl groups excluding tert-OH is 3. The topological polar surface area (TPSA) is 107 Å². The van der Waals surface area contributed by atoms with Crippen LogP contribution in [0.5, 0.6) is 0 Å². The first kappa shape index (κ1) is 44.3. The van der Waals surface area contributed by atoms with E-state index in [1.807, 2.05) is 0 Å². The first-order valence-corrected chi connectivity index (χ1v) is 19.8. The Morgan fingerprint density at radius 1 is 0.511 bits per heavy atom. The molecular weight excluding hydrogens is 564 g/mol. The molecule has 0 aromatic carbocycles. The lowest BCUT2D eigenvalue weighted by atomic mass is 9.97. The van der Waals surface area contributed by atoms with Gasteiger partial charge in [0.1, 0.15) is 12.2 Å². The van der Waals surface area contributed by atoms with E-state index in [0.717, 1.165) is 32.1 Å². The fourth-order valence-corrected chi connectivity index (χ4v) is 6.30. The molecule has 0 radical (unpaired) electrons. The molecule has 0 aliphatic rings. The quantitative estimate of drug-likeness (QED) is 0.0308. The smallest absolute Gasteiger partial charge is 0.308 e. The molecule has 0 saturated heterocycles. The molecule has 270 valence electrons. The Hall–Kier alpha value is -0.690. The highest BCUT2D eigenvalue weighted by Gasteiger charge is 2.43. The van der Waals surface area contributed by atoms with Gasteiger partial charge in [-0.2, -0.15) is 0 Å². The van der Waals surface area contributed by atoms with Gasteiger partial charge in [-0.25, -0.2) is 0 Å². The third kappa shape index (κ3) is 28.1. The van der Waals surface area contributed by atoms with Crippen molar-refractivity contribution in [3.05, 3.63) is 0 Å². The molecule has 4 N–H and O–H groups in total. The van der Waals surface area contributed by atoms with Gasteiger partial charge in [0.15, 0.2) is 0 Å². The molecule has 3 unspecified atom stereocenters. The van der Waals surface area contributed by atoms with Gasteiger partial charge in [-0.15, -0.1) is 0 Å². The van der Waals surface area contributed by atoms with Gasteiger partial charge in [-0.05, 0) is 12.8 Å². The number of carbonyl (C=O) groups is 1. The van der Waals surface area contributed by atoms with Crippen molar-refractivity contribution in [3.63, 3.8) is 0 Å². The van der Waals surface area contributed by atoms with Gasteiger partial charge >= 0.3 is 5.97 Å². The van der Waals surface area contributed by atoms with E-state index in [1.54, 1.807) is 0 Å². The Bertz CT molecular complexity index is 614. The lowest BCUT2D eigenvalue weighted by Gasteiger charge is -2.34. The summed E-state index contributed by atoms with van der Waals surface area (Å²) in [4.78, 5) is 12.5. The Kier molecular flexibility index (Phi) is 32.7. The largest absolute Gasteiger partial charge is 0.430 e. The van der Waals surface area contributed by atoms with Crippen molar-refractivity contribution in [1.82, 2.24) is 0 Å². The van der Waals surface area contributed by atoms with Gasteiger partial charge < -0.3 is 25.2 Å². The fraction of sp³-hybridized carbons (Fsp3) is 0.974. The van der Waals surface area contributed by atoms with E-state index in [4.69, 9.17) is 4.74 Å². The summed E-state index contributed by atoms with van der Waals surface area (Å²) in [5, 5.41) is 40.7. The average Bonchev–Trinajstić information content (AvgIpc) is 3.03. The number of aliphatic hydroxyl groups is 4. The van der Waals surface area contributed by atoms with Crippen LogP contribution in [0.3, 0.4) is 0 Å². The maximum absolute atomic E-state index is 12.5. The van der Waals surface area contributed by atoms with Gasteiger partial charge in [0, 0.05) is 12.8 Å². The average molecular weight is 643 g/mol. The van der Waals surface area contributed by atoms with Crippen LogP contribution in [0.2, 0.25) is 0 Å². The minimum Gasteiger partial charge on any atom is -0.430 e. The Morgan fingerprint density at radius 2 is 0.800 bits per heavy atom. The van der Waals surface area contributed by atoms with Gasteiger partial charge in [-0.1, -0.05) is 194 Å². The molecule has 0 fully saturated rings.